The van der Waals surface area contributed by atoms with Gasteiger partial charge < -0.3 is 10.3 Å². The average Bonchev–Trinajstić information content (AvgIpc) is 2.01. The third-order valence-electron chi connectivity index (χ3n) is 1.50. The van der Waals surface area contributed by atoms with Crippen molar-refractivity contribution in [2.45, 2.75) is 6.55 Å². The number of hydrogen-bond donors (Lipinski definition) is 1. The van der Waals surface area contributed by atoms with Crippen molar-refractivity contribution in [2.75, 3.05) is 5.73 Å². The zero-order chi connectivity index (χ0) is 10.2. The third kappa shape index (κ3) is 1.44. The summed E-state index contributed by atoms with van der Waals surface area (Å²) in [6, 6.07) is 0. The van der Waals surface area contributed by atoms with Crippen LogP contribution in [0, 0.1) is 0 Å². The molecule has 0 saturated heterocycles. The van der Waals surface area contributed by atoms with E-state index in [0.29, 0.717) is 0 Å². The Morgan fingerprint density at radius 2 is 2.00 bits per heavy atom. The summed E-state index contributed by atoms with van der Waals surface area (Å²) in [6.45, 7) is -3.17. The first kappa shape index (κ1) is 9.43. The topological polar surface area (TPSA) is 70.0 Å². The van der Waals surface area contributed by atoms with Gasteiger partial charge in [-0.15, -0.1) is 0 Å². The van der Waals surface area contributed by atoms with Gasteiger partial charge in [0.15, 0.2) is 0 Å². The molecule has 0 unspecified atom stereocenters. The number of nitrogens with zero attached hydrogens (tertiary/aromatic N) is 2. The molecule has 72 valence electrons. The second-order valence-corrected chi connectivity index (χ2v) is 2.43. The van der Waals surface area contributed by atoms with Crippen molar-refractivity contribution in [2.24, 2.45) is 7.05 Å². The molecule has 0 amide bonds. The number of nitrogen functional groups attached to an aromatic ring is 1. The van der Waals surface area contributed by atoms with Gasteiger partial charge in [0.25, 0.3) is 5.56 Å². The molecule has 0 aromatic carbocycles. The highest BCUT2D eigenvalue weighted by molar-refractivity contribution is 5.30. The molecule has 1 heterocycles. The van der Waals surface area contributed by atoms with Crippen LogP contribution in [0.5, 0.6) is 0 Å². The smallest absolute Gasteiger partial charge is 0.335 e. The van der Waals surface area contributed by atoms with E-state index in [9.17, 15) is 18.4 Å². The number of rotatable bonds is 1. The summed E-state index contributed by atoms with van der Waals surface area (Å²) in [5.41, 5.74) is 2.46. The van der Waals surface area contributed by atoms with Crippen LogP contribution < -0.4 is 17.0 Å². The van der Waals surface area contributed by atoms with E-state index in [1.54, 1.807) is 0 Å². The monoisotopic (exact) mass is 191 g/mol. The van der Waals surface area contributed by atoms with Gasteiger partial charge in [0.1, 0.15) is 5.69 Å². The summed E-state index contributed by atoms with van der Waals surface area (Å²) in [6.07, 6.45) is 1.00. The lowest BCUT2D eigenvalue weighted by atomic mass is 10.5. The van der Waals surface area contributed by atoms with Crippen LogP contribution in [0.2, 0.25) is 0 Å². The molecule has 0 aliphatic heterocycles. The largest absolute Gasteiger partial charge is 0.393 e. The van der Waals surface area contributed by atoms with E-state index in [4.69, 9.17) is 5.73 Å². The van der Waals surface area contributed by atoms with Crippen molar-refractivity contribution in [3.8, 4) is 0 Å². The average molecular weight is 191 g/mol. The molecule has 0 saturated carbocycles. The molecular weight excluding hydrogens is 184 g/mol. The van der Waals surface area contributed by atoms with E-state index >= 15 is 0 Å². The van der Waals surface area contributed by atoms with Crippen LogP contribution in [-0.2, 0) is 7.05 Å². The van der Waals surface area contributed by atoms with Gasteiger partial charge in [-0.25, -0.2) is 4.79 Å². The third-order valence-corrected chi connectivity index (χ3v) is 1.50. The molecule has 1 rings (SSSR count). The Bertz CT molecular complexity index is 400. The zero-order valence-corrected chi connectivity index (χ0v) is 6.70. The maximum Gasteiger partial charge on any atom is 0.335 e. The van der Waals surface area contributed by atoms with Gasteiger partial charge in [-0.2, -0.15) is 13.3 Å². The SMILES string of the molecule is Cn1cc(N)c(=O)n(C(F)F)c1=O. The van der Waals surface area contributed by atoms with Crippen LogP contribution in [-0.4, -0.2) is 9.13 Å². The molecule has 0 aliphatic carbocycles. The first-order chi connectivity index (χ1) is 5.95. The van der Waals surface area contributed by atoms with Crippen molar-refractivity contribution in [1.29, 1.82) is 0 Å². The number of aryl methyl sites for hydroxylation is 1. The lowest BCUT2D eigenvalue weighted by molar-refractivity contribution is 0.0603. The number of nitrogens with two attached hydrogens (primary N) is 1. The highest BCUT2D eigenvalue weighted by Gasteiger charge is 2.14. The molecule has 0 radical (unpaired) electrons. The van der Waals surface area contributed by atoms with E-state index in [2.05, 4.69) is 0 Å². The second-order valence-electron chi connectivity index (χ2n) is 2.43. The summed E-state index contributed by atoms with van der Waals surface area (Å²) >= 11 is 0. The molecule has 7 heteroatoms. The Hall–Kier alpha value is -1.66. The van der Waals surface area contributed by atoms with Crippen LogP contribution in [0.15, 0.2) is 15.8 Å². The van der Waals surface area contributed by atoms with Gasteiger partial charge >= 0.3 is 12.2 Å². The van der Waals surface area contributed by atoms with E-state index in [1.165, 1.54) is 7.05 Å². The number of hydrogen-bond acceptors (Lipinski definition) is 3. The molecule has 5 nitrogen and oxygen atoms in total. The zero-order valence-electron chi connectivity index (χ0n) is 6.70. The van der Waals surface area contributed by atoms with E-state index < -0.39 is 17.8 Å². The fraction of sp³-hybridized carbons (Fsp3) is 0.333. The van der Waals surface area contributed by atoms with Crippen LogP contribution >= 0.6 is 0 Å². The molecular formula is C6H7F2N3O2. The van der Waals surface area contributed by atoms with Crippen molar-refractivity contribution in [3.05, 3.63) is 27.0 Å². The van der Waals surface area contributed by atoms with Crippen LogP contribution in [0.4, 0.5) is 14.5 Å². The number of alkyl halides is 2. The minimum Gasteiger partial charge on any atom is -0.393 e. The van der Waals surface area contributed by atoms with Crippen molar-refractivity contribution >= 4 is 5.69 Å². The normalized spacial score (nSPS) is 10.8. The molecule has 1 aromatic rings. The lowest BCUT2D eigenvalue weighted by Crippen LogP contribution is -2.40. The Morgan fingerprint density at radius 3 is 2.46 bits per heavy atom. The summed E-state index contributed by atoms with van der Waals surface area (Å²) in [7, 11) is 1.23. The summed E-state index contributed by atoms with van der Waals surface area (Å²) in [5, 5.41) is 0. The standard InChI is InChI=1S/C6H7F2N3O2/c1-10-2-3(9)4(12)11(5(7)8)6(10)13/h2,5H,9H2,1H3. The predicted molar refractivity (Wildman–Crippen MR) is 41.6 cm³/mol. The highest BCUT2D eigenvalue weighted by Crippen LogP contribution is 2.02. The fourth-order valence-corrected chi connectivity index (χ4v) is 0.887. The van der Waals surface area contributed by atoms with Gasteiger partial charge in [-0.1, -0.05) is 0 Å². The highest BCUT2D eigenvalue weighted by atomic mass is 19.3. The van der Waals surface area contributed by atoms with Gasteiger partial charge in [0.2, 0.25) is 0 Å². The van der Waals surface area contributed by atoms with Crippen LogP contribution in [0.25, 0.3) is 0 Å². The maximum absolute atomic E-state index is 12.1. The maximum atomic E-state index is 12.1. The van der Waals surface area contributed by atoms with E-state index in [0.717, 1.165) is 10.8 Å². The van der Waals surface area contributed by atoms with Crippen molar-refractivity contribution < 1.29 is 8.78 Å². The number of aromatic nitrogens is 2. The quantitative estimate of drug-likeness (QED) is 0.652. The van der Waals surface area contributed by atoms with Gasteiger partial charge in [-0.3, -0.25) is 4.79 Å². The Balaban J connectivity index is 3.67. The predicted octanol–water partition coefficient (Wildman–Crippen LogP) is -0.476. The second kappa shape index (κ2) is 3.00. The Labute approximate surface area is 71.0 Å². The molecule has 0 bridgehead atoms. The van der Waals surface area contributed by atoms with Crippen molar-refractivity contribution in [1.82, 2.24) is 9.13 Å². The Kier molecular flexibility index (Phi) is 2.18. The van der Waals surface area contributed by atoms with Gasteiger partial charge in [-0.05, 0) is 0 Å². The number of halogens is 2. The molecule has 13 heavy (non-hydrogen) atoms. The van der Waals surface area contributed by atoms with Gasteiger partial charge in [0, 0.05) is 13.2 Å². The first-order valence-electron chi connectivity index (χ1n) is 3.31. The molecule has 0 aliphatic rings. The van der Waals surface area contributed by atoms with Crippen molar-refractivity contribution in [3.63, 3.8) is 0 Å². The Morgan fingerprint density at radius 1 is 1.46 bits per heavy atom. The molecule has 0 fully saturated rings. The fourth-order valence-electron chi connectivity index (χ4n) is 0.887. The lowest BCUT2D eigenvalue weighted by Gasteiger charge is -2.05. The minimum absolute atomic E-state index is 0.199. The summed E-state index contributed by atoms with van der Waals surface area (Å²) in [5.74, 6) is 0. The molecule has 0 atom stereocenters. The van der Waals surface area contributed by atoms with E-state index in [-0.39, 0.29) is 10.3 Å². The first-order valence-corrected chi connectivity index (χ1v) is 3.31. The van der Waals surface area contributed by atoms with Crippen LogP contribution in [0.3, 0.4) is 0 Å². The summed E-state index contributed by atoms with van der Waals surface area (Å²) in [4.78, 5) is 21.9. The summed E-state index contributed by atoms with van der Waals surface area (Å²) < 4.78 is 24.9. The molecule has 1 aromatic heterocycles. The van der Waals surface area contributed by atoms with E-state index in [1.807, 2.05) is 0 Å². The minimum atomic E-state index is -3.17. The number of anilines is 1. The molecule has 2 N–H and O–H groups in total. The van der Waals surface area contributed by atoms with Gasteiger partial charge in [0.05, 0.1) is 0 Å². The van der Waals surface area contributed by atoms with Crippen LogP contribution in [0.1, 0.15) is 6.55 Å². The molecule has 0 spiro atoms.